The van der Waals surface area contributed by atoms with E-state index in [4.69, 9.17) is 23.2 Å². The van der Waals surface area contributed by atoms with Crippen LogP contribution in [0.3, 0.4) is 0 Å². The third kappa shape index (κ3) is 3.89. The van der Waals surface area contributed by atoms with Crippen molar-refractivity contribution in [1.82, 2.24) is 9.29 Å². The first-order chi connectivity index (χ1) is 10.3. The van der Waals surface area contributed by atoms with Crippen molar-refractivity contribution in [1.29, 1.82) is 0 Å². The van der Waals surface area contributed by atoms with E-state index in [-0.39, 0.29) is 27.0 Å². The van der Waals surface area contributed by atoms with E-state index in [9.17, 15) is 13.2 Å². The molecule has 1 aromatic heterocycles. The van der Waals surface area contributed by atoms with Gasteiger partial charge in [0.15, 0.2) is 0 Å². The number of hydrogen-bond donors (Lipinski definition) is 1. The first-order valence-corrected chi connectivity index (χ1v) is 8.71. The van der Waals surface area contributed by atoms with Gasteiger partial charge in [-0.1, -0.05) is 29.3 Å². The molecule has 0 bridgehead atoms. The van der Waals surface area contributed by atoms with E-state index < -0.39 is 10.0 Å². The number of sulfonamides is 1. The molecule has 5 nitrogen and oxygen atoms in total. The standard InChI is InChI=1S/C14H14Cl2N2O3S/c1-2-18-5-3-4-10(14(18)19)9-17-22(20,21)13-7-11(15)6-12(16)8-13/h3-8,17H,2,9H2,1H3. The molecule has 2 rings (SSSR count). The lowest BCUT2D eigenvalue weighted by molar-refractivity contribution is 0.580. The second-order valence-corrected chi connectivity index (χ2v) is 7.19. The van der Waals surface area contributed by atoms with Crippen LogP contribution in [-0.2, 0) is 23.1 Å². The smallest absolute Gasteiger partial charge is 0.255 e. The number of pyridine rings is 1. The van der Waals surface area contributed by atoms with Crippen molar-refractivity contribution in [3.63, 3.8) is 0 Å². The van der Waals surface area contributed by atoms with Crippen LogP contribution in [0.15, 0.2) is 46.2 Å². The minimum absolute atomic E-state index is 0.0447. The molecule has 22 heavy (non-hydrogen) atoms. The van der Waals surface area contributed by atoms with Crippen molar-refractivity contribution in [2.45, 2.75) is 24.9 Å². The zero-order valence-corrected chi connectivity index (χ0v) is 14.0. The number of rotatable bonds is 5. The van der Waals surface area contributed by atoms with Crippen LogP contribution in [0.25, 0.3) is 0 Å². The van der Waals surface area contributed by atoms with Crippen molar-refractivity contribution in [2.24, 2.45) is 0 Å². The zero-order chi connectivity index (χ0) is 16.3. The molecule has 0 atom stereocenters. The Bertz CT molecular complexity index is 827. The third-order valence-corrected chi connectivity index (χ3v) is 4.86. The molecule has 118 valence electrons. The summed E-state index contributed by atoms with van der Waals surface area (Å²) in [6, 6.07) is 7.32. The van der Waals surface area contributed by atoms with E-state index in [0.717, 1.165) is 0 Å². The number of aromatic nitrogens is 1. The second-order valence-electron chi connectivity index (χ2n) is 4.55. The highest BCUT2D eigenvalue weighted by Crippen LogP contribution is 2.22. The fourth-order valence-electron chi connectivity index (χ4n) is 1.91. The molecule has 0 fully saturated rings. The summed E-state index contributed by atoms with van der Waals surface area (Å²) in [6.07, 6.45) is 1.65. The molecule has 0 amide bonds. The Balaban J connectivity index is 2.25. The quantitative estimate of drug-likeness (QED) is 0.890. The van der Waals surface area contributed by atoms with Gasteiger partial charge in [0.25, 0.3) is 5.56 Å². The van der Waals surface area contributed by atoms with E-state index >= 15 is 0 Å². The van der Waals surface area contributed by atoms with Gasteiger partial charge < -0.3 is 4.57 Å². The highest BCUT2D eigenvalue weighted by atomic mass is 35.5. The molecule has 0 aliphatic carbocycles. The fraction of sp³-hybridized carbons (Fsp3) is 0.214. The maximum absolute atomic E-state index is 12.2. The van der Waals surface area contributed by atoms with Gasteiger partial charge in [-0.05, 0) is 31.2 Å². The average molecular weight is 361 g/mol. The van der Waals surface area contributed by atoms with Crippen LogP contribution in [0.4, 0.5) is 0 Å². The molecule has 0 spiro atoms. The highest BCUT2D eigenvalue weighted by molar-refractivity contribution is 7.89. The van der Waals surface area contributed by atoms with Crippen LogP contribution in [0.1, 0.15) is 12.5 Å². The minimum Gasteiger partial charge on any atom is -0.316 e. The number of nitrogens with one attached hydrogen (secondary N) is 1. The van der Waals surface area contributed by atoms with Gasteiger partial charge in [0.1, 0.15) is 0 Å². The van der Waals surface area contributed by atoms with E-state index in [2.05, 4.69) is 4.72 Å². The molecular formula is C14H14Cl2N2O3S. The number of benzene rings is 1. The molecule has 0 aliphatic rings. The minimum atomic E-state index is -3.81. The van der Waals surface area contributed by atoms with Crippen LogP contribution in [-0.4, -0.2) is 13.0 Å². The Hall–Kier alpha value is -1.34. The van der Waals surface area contributed by atoms with Crippen molar-refractivity contribution in [3.05, 3.63) is 62.5 Å². The molecule has 0 aliphatic heterocycles. The Kier molecular flexibility index (Phi) is 5.28. The van der Waals surface area contributed by atoms with Crippen molar-refractivity contribution < 1.29 is 8.42 Å². The maximum atomic E-state index is 12.2. The van der Waals surface area contributed by atoms with Gasteiger partial charge in [-0.15, -0.1) is 0 Å². The molecular weight excluding hydrogens is 347 g/mol. The van der Waals surface area contributed by atoms with Crippen molar-refractivity contribution in [3.8, 4) is 0 Å². The van der Waals surface area contributed by atoms with Crippen LogP contribution < -0.4 is 10.3 Å². The van der Waals surface area contributed by atoms with Gasteiger partial charge in [0.05, 0.1) is 4.90 Å². The summed E-state index contributed by atoms with van der Waals surface area (Å²) in [7, 11) is -3.81. The maximum Gasteiger partial charge on any atom is 0.255 e. The van der Waals surface area contributed by atoms with Crippen LogP contribution in [0, 0.1) is 0 Å². The number of aryl methyl sites for hydroxylation is 1. The molecule has 0 saturated carbocycles. The molecule has 1 heterocycles. The van der Waals surface area contributed by atoms with Gasteiger partial charge in [-0.2, -0.15) is 0 Å². The van der Waals surface area contributed by atoms with Gasteiger partial charge in [-0.3, -0.25) is 4.79 Å². The molecule has 1 N–H and O–H groups in total. The second kappa shape index (κ2) is 6.83. The van der Waals surface area contributed by atoms with Gasteiger partial charge in [0, 0.05) is 34.9 Å². The Labute approximate surface area is 138 Å². The molecule has 0 unspecified atom stereocenters. The van der Waals surface area contributed by atoms with E-state index in [1.807, 2.05) is 6.92 Å². The van der Waals surface area contributed by atoms with Gasteiger partial charge >= 0.3 is 0 Å². The topological polar surface area (TPSA) is 68.2 Å². The summed E-state index contributed by atoms with van der Waals surface area (Å²) in [5, 5.41) is 0.446. The van der Waals surface area contributed by atoms with Gasteiger partial charge in [-0.25, -0.2) is 13.1 Å². The lowest BCUT2D eigenvalue weighted by atomic mass is 10.3. The summed E-state index contributed by atoms with van der Waals surface area (Å²) < 4.78 is 28.4. The normalized spacial score (nSPS) is 11.6. The predicted molar refractivity (Wildman–Crippen MR) is 86.9 cm³/mol. The van der Waals surface area contributed by atoms with Crippen molar-refractivity contribution in [2.75, 3.05) is 0 Å². The monoisotopic (exact) mass is 360 g/mol. The number of hydrogen-bond acceptors (Lipinski definition) is 3. The summed E-state index contributed by atoms with van der Waals surface area (Å²) >= 11 is 11.6. The lowest BCUT2D eigenvalue weighted by Gasteiger charge is -2.09. The van der Waals surface area contributed by atoms with Crippen LogP contribution >= 0.6 is 23.2 Å². The van der Waals surface area contributed by atoms with E-state index in [1.165, 1.54) is 22.8 Å². The third-order valence-electron chi connectivity index (χ3n) is 3.04. The van der Waals surface area contributed by atoms with Crippen LogP contribution in [0.2, 0.25) is 10.0 Å². The average Bonchev–Trinajstić information content (AvgIpc) is 2.45. The first-order valence-electron chi connectivity index (χ1n) is 6.47. The van der Waals surface area contributed by atoms with E-state index in [0.29, 0.717) is 12.1 Å². The highest BCUT2D eigenvalue weighted by Gasteiger charge is 2.16. The van der Waals surface area contributed by atoms with E-state index in [1.54, 1.807) is 18.3 Å². The predicted octanol–water partition coefficient (Wildman–Crippen LogP) is 2.65. The fourth-order valence-corrected chi connectivity index (χ4v) is 3.64. The van der Waals surface area contributed by atoms with Crippen LogP contribution in [0.5, 0.6) is 0 Å². The molecule has 0 saturated heterocycles. The SMILES string of the molecule is CCn1cccc(CNS(=O)(=O)c2cc(Cl)cc(Cl)c2)c1=O. The Morgan fingerprint density at radius 3 is 2.41 bits per heavy atom. The summed E-state index contributed by atoms with van der Waals surface area (Å²) in [6.45, 7) is 2.25. The molecule has 8 heteroatoms. The first kappa shape index (κ1) is 17.0. The molecule has 0 radical (unpaired) electrons. The molecule has 2 aromatic rings. The number of halogens is 2. The zero-order valence-electron chi connectivity index (χ0n) is 11.7. The largest absolute Gasteiger partial charge is 0.316 e. The Morgan fingerprint density at radius 1 is 1.18 bits per heavy atom. The molecule has 1 aromatic carbocycles. The Morgan fingerprint density at radius 2 is 1.82 bits per heavy atom. The lowest BCUT2D eigenvalue weighted by Crippen LogP contribution is -2.29. The summed E-state index contributed by atoms with van der Waals surface area (Å²) in [5.74, 6) is 0. The van der Waals surface area contributed by atoms with Crippen molar-refractivity contribution >= 4 is 33.2 Å². The summed E-state index contributed by atoms with van der Waals surface area (Å²) in [5.41, 5.74) is 0.137. The number of nitrogens with zero attached hydrogens (tertiary/aromatic N) is 1. The summed E-state index contributed by atoms with van der Waals surface area (Å²) in [4.78, 5) is 12.0. The van der Waals surface area contributed by atoms with Gasteiger partial charge in [0.2, 0.25) is 10.0 Å².